The van der Waals surface area contributed by atoms with Crippen LogP contribution in [0, 0.1) is 0 Å². The lowest BCUT2D eigenvalue weighted by molar-refractivity contribution is 0.194. The summed E-state index contributed by atoms with van der Waals surface area (Å²) in [6, 6.07) is 12.3. The largest absolute Gasteiger partial charge is 0.490 e. The second-order valence-electron chi connectivity index (χ2n) is 5.90. The van der Waals surface area contributed by atoms with Crippen LogP contribution >= 0.6 is 0 Å². The third-order valence-electron chi connectivity index (χ3n) is 3.83. The zero-order chi connectivity index (χ0) is 19.7. The van der Waals surface area contributed by atoms with Crippen molar-refractivity contribution in [3.8, 4) is 11.5 Å². The quantitative estimate of drug-likeness (QED) is 0.497. The number of nitrogens with two attached hydrogens (primary N) is 1. The molecule has 2 aromatic carbocycles. The molecule has 8 heteroatoms. The van der Waals surface area contributed by atoms with E-state index in [2.05, 4.69) is 5.32 Å². The van der Waals surface area contributed by atoms with Crippen molar-refractivity contribution in [2.45, 2.75) is 24.8 Å². The predicted octanol–water partition coefficient (Wildman–Crippen LogP) is 1.44. The molecule has 0 aromatic heterocycles. The van der Waals surface area contributed by atoms with Gasteiger partial charge in [-0.25, -0.2) is 13.6 Å². The summed E-state index contributed by atoms with van der Waals surface area (Å²) in [4.78, 5) is 0.117. The molecule has 0 atom stereocenters. The lowest BCUT2D eigenvalue weighted by Gasteiger charge is -2.13. The fourth-order valence-electron chi connectivity index (χ4n) is 2.52. The number of rotatable bonds is 11. The van der Waals surface area contributed by atoms with E-state index < -0.39 is 10.0 Å². The minimum atomic E-state index is -3.65. The SMILES string of the molecule is CCOc1cc(CNCCc2ccc(S(N)(=O)=O)cc2)ccc1OCCO. The Labute approximate surface area is 160 Å². The van der Waals surface area contributed by atoms with Gasteiger partial charge in [0.2, 0.25) is 10.0 Å². The van der Waals surface area contributed by atoms with Crippen LogP contribution in [-0.2, 0) is 23.0 Å². The molecule has 27 heavy (non-hydrogen) atoms. The highest BCUT2D eigenvalue weighted by Crippen LogP contribution is 2.28. The molecule has 0 saturated heterocycles. The van der Waals surface area contributed by atoms with Crippen molar-refractivity contribution in [1.29, 1.82) is 0 Å². The zero-order valence-electron chi connectivity index (χ0n) is 15.3. The number of hydrogen-bond acceptors (Lipinski definition) is 6. The maximum Gasteiger partial charge on any atom is 0.238 e. The average Bonchev–Trinajstić information content (AvgIpc) is 2.64. The van der Waals surface area contributed by atoms with E-state index in [0.29, 0.717) is 24.7 Å². The number of aliphatic hydroxyl groups is 1. The van der Waals surface area contributed by atoms with Crippen molar-refractivity contribution in [2.24, 2.45) is 5.14 Å². The summed E-state index contributed by atoms with van der Waals surface area (Å²) >= 11 is 0. The van der Waals surface area contributed by atoms with E-state index in [1.54, 1.807) is 12.1 Å². The van der Waals surface area contributed by atoms with Crippen LogP contribution in [0.25, 0.3) is 0 Å². The molecule has 0 unspecified atom stereocenters. The molecule has 2 rings (SSSR count). The number of benzene rings is 2. The second-order valence-corrected chi connectivity index (χ2v) is 7.46. The zero-order valence-corrected chi connectivity index (χ0v) is 16.2. The first-order chi connectivity index (χ1) is 12.9. The highest BCUT2D eigenvalue weighted by atomic mass is 32.2. The number of ether oxygens (including phenoxy) is 2. The first-order valence-electron chi connectivity index (χ1n) is 8.76. The smallest absolute Gasteiger partial charge is 0.238 e. The van der Waals surface area contributed by atoms with Crippen LogP contribution in [0.15, 0.2) is 47.4 Å². The summed E-state index contributed by atoms with van der Waals surface area (Å²) in [5, 5.41) is 17.3. The molecule has 7 nitrogen and oxygen atoms in total. The van der Waals surface area contributed by atoms with Gasteiger partial charge in [0.15, 0.2) is 11.5 Å². The standard InChI is InChI=1S/C19H26N2O5S/c1-2-25-19-13-16(5-8-18(19)26-12-11-22)14-21-10-9-15-3-6-17(7-4-15)27(20,23)24/h3-8,13,21-22H,2,9-12,14H2,1H3,(H2,20,23,24). The van der Waals surface area contributed by atoms with Gasteiger partial charge in [0.05, 0.1) is 18.1 Å². The number of nitrogens with one attached hydrogen (secondary N) is 1. The predicted molar refractivity (Wildman–Crippen MR) is 103 cm³/mol. The maximum atomic E-state index is 11.3. The van der Waals surface area contributed by atoms with Gasteiger partial charge < -0.3 is 19.9 Å². The van der Waals surface area contributed by atoms with Gasteiger partial charge in [-0.1, -0.05) is 18.2 Å². The molecule has 0 aliphatic rings. The molecule has 2 aromatic rings. The number of primary sulfonamides is 1. The molecular formula is C19H26N2O5S. The fraction of sp³-hybridized carbons (Fsp3) is 0.368. The van der Waals surface area contributed by atoms with Gasteiger partial charge in [0, 0.05) is 6.54 Å². The summed E-state index contributed by atoms with van der Waals surface area (Å²) in [7, 11) is -3.65. The Hall–Kier alpha value is -2.13. The number of aliphatic hydroxyl groups excluding tert-OH is 1. The molecular weight excluding hydrogens is 368 g/mol. The Morgan fingerprint density at radius 1 is 1.04 bits per heavy atom. The van der Waals surface area contributed by atoms with Crippen LogP contribution < -0.4 is 19.9 Å². The molecule has 0 spiro atoms. The van der Waals surface area contributed by atoms with Gasteiger partial charge >= 0.3 is 0 Å². The van der Waals surface area contributed by atoms with Gasteiger partial charge in [0.1, 0.15) is 6.61 Å². The van der Waals surface area contributed by atoms with Gasteiger partial charge in [-0.3, -0.25) is 0 Å². The molecule has 148 valence electrons. The maximum absolute atomic E-state index is 11.3. The fourth-order valence-corrected chi connectivity index (χ4v) is 3.03. The summed E-state index contributed by atoms with van der Waals surface area (Å²) in [5.74, 6) is 1.27. The van der Waals surface area contributed by atoms with Crippen LogP contribution in [0.3, 0.4) is 0 Å². The third kappa shape index (κ3) is 6.84. The van der Waals surface area contributed by atoms with E-state index in [1.807, 2.05) is 25.1 Å². The summed E-state index contributed by atoms with van der Waals surface area (Å²) < 4.78 is 33.6. The molecule has 0 aliphatic carbocycles. The van der Waals surface area contributed by atoms with Gasteiger partial charge in [0.25, 0.3) is 0 Å². The monoisotopic (exact) mass is 394 g/mol. The average molecular weight is 394 g/mol. The van der Waals surface area contributed by atoms with Crippen LogP contribution in [0.5, 0.6) is 11.5 Å². The van der Waals surface area contributed by atoms with Gasteiger partial charge in [-0.15, -0.1) is 0 Å². The molecule has 0 fully saturated rings. The molecule has 0 bridgehead atoms. The van der Waals surface area contributed by atoms with E-state index in [-0.39, 0.29) is 18.1 Å². The molecule has 0 amide bonds. The molecule has 4 N–H and O–H groups in total. The molecule has 0 saturated carbocycles. The van der Waals surface area contributed by atoms with Crippen LogP contribution in [0.2, 0.25) is 0 Å². The van der Waals surface area contributed by atoms with Crippen molar-refractivity contribution in [1.82, 2.24) is 5.32 Å². The van der Waals surface area contributed by atoms with Crippen molar-refractivity contribution in [2.75, 3.05) is 26.4 Å². The first-order valence-corrected chi connectivity index (χ1v) is 10.3. The minimum absolute atomic E-state index is 0.0485. The topological polar surface area (TPSA) is 111 Å². The third-order valence-corrected chi connectivity index (χ3v) is 4.76. The Morgan fingerprint density at radius 2 is 1.74 bits per heavy atom. The van der Waals surface area contributed by atoms with E-state index in [0.717, 1.165) is 24.1 Å². The van der Waals surface area contributed by atoms with Gasteiger partial charge in [-0.2, -0.15) is 0 Å². The Bertz CT molecular complexity index is 822. The van der Waals surface area contributed by atoms with E-state index in [9.17, 15) is 8.42 Å². The van der Waals surface area contributed by atoms with Crippen LogP contribution in [0.4, 0.5) is 0 Å². The van der Waals surface area contributed by atoms with E-state index in [4.69, 9.17) is 19.7 Å². The first kappa shape index (κ1) is 21.2. The summed E-state index contributed by atoms with van der Waals surface area (Å²) in [6.45, 7) is 4.01. The summed E-state index contributed by atoms with van der Waals surface area (Å²) in [5.41, 5.74) is 2.08. The van der Waals surface area contributed by atoms with E-state index in [1.165, 1.54) is 12.1 Å². The highest BCUT2D eigenvalue weighted by molar-refractivity contribution is 7.89. The van der Waals surface area contributed by atoms with Crippen molar-refractivity contribution >= 4 is 10.0 Å². The second kappa shape index (κ2) is 10.3. The number of hydrogen-bond donors (Lipinski definition) is 3. The van der Waals surface area contributed by atoms with E-state index >= 15 is 0 Å². The van der Waals surface area contributed by atoms with Crippen LogP contribution in [-0.4, -0.2) is 39.9 Å². The minimum Gasteiger partial charge on any atom is -0.490 e. The summed E-state index contributed by atoms with van der Waals surface area (Å²) in [6.07, 6.45) is 0.765. The highest BCUT2D eigenvalue weighted by Gasteiger charge is 2.08. The Morgan fingerprint density at radius 3 is 2.37 bits per heavy atom. The van der Waals surface area contributed by atoms with Crippen molar-refractivity contribution < 1.29 is 23.0 Å². The van der Waals surface area contributed by atoms with Crippen molar-refractivity contribution in [3.05, 3.63) is 53.6 Å². The number of sulfonamides is 1. The lowest BCUT2D eigenvalue weighted by Crippen LogP contribution is -2.17. The Balaban J connectivity index is 1.86. The molecule has 0 radical (unpaired) electrons. The van der Waals surface area contributed by atoms with Gasteiger partial charge in [-0.05, 0) is 55.3 Å². The van der Waals surface area contributed by atoms with Crippen LogP contribution in [0.1, 0.15) is 18.1 Å². The van der Waals surface area contributed by atoms with Crippen molar-refractivity contribution in [3.63, 3.8) is 0 Å². The normalized spacial score (nSPS) is 11.4. The molecule has 0 aliphatic heterocycles. The molecule has 0 heterocycles. The lowest BCUT2D eigenvalue weighted by atomic mass is 10.1. The Kier molecular flexibility index (Phi) is 8.05.